The molecule has 15 heavy (non-hydrogen) atoms. The lowest BCUT2D eigenvalue weighted by Gasteiger charge is -2.08. The van der Waals surface area contributed by atoms with Crippen molar-refractivity contribution in [2.75, 3.05) is 32.2 Å². The van der Waals surface area contributed by atoms with Gasteiger partial charge in [0.25, 0.3) is 0 Å². The summed E-state index contributed by atoms with van der Waals surface area (Å²) in [6, 6.07) is 0. The molecule has 1 unspecified atom stereocenters. The van der Waals surface area contributed by atoms with Gasteiger partial charge in [0.05, 0.1) is 7.11 Å². The molecule has 0 aromatic carbocycles. The van der Waals surface area contributed by atoms with Crippen LogP contribution in [0.25, 0.3) is 0 Å². The van der Waals surface area contributed by atoms with E-state index >= 15 is 0 Å². The van der Waals surface area contributed by atoms with Gasteiger partial charge in [0.1, 0.15) is 4.83 Å². The van der Waals surface area contributed by atoms with Crippen LogP contribution < -0.4 is 5.32 Å². The fourth-order valence-corrected chi connectivity index (χ4v) is 2.02. The van der Waals surface area contributed by atoms with Gasteiger partial charge in [0.15, 0.2) is 0 Å². The van der Waals surface area contributed by atoms with Crippen LogP contribution in [0.4, 0.5) is 0 Å². The van der Waals surface area contributed by atoms with Crippen molar-refractivity contribution in [2.24, 2.45) is 0 Å². The normalized spacial score (nSPS) is 12.5. The van der Waals surface area contributed by atoms with Gasteiger partial charge in [-0.1, -0.05) is 22.4 Å². The first kappa shape index (κ1) is 15.3. The molecular formula is C10H20BrNO2S. The minimum absolute atomic E-state index is 0.218. The second-order valence-electron chi connectivity index (χ2n) is 3.25. The van der Waals surface area contributed by atoms with E-state index in [-0.39, 0.29) is 10.8 Å². The second-order valence-corrected chi connectivity index (χ2v) is 5.34. The molecule has 0 spiro atoms. The molecule has 0 saturated heterocycles. The first-order valence-corrected chi connectivity index (χ1v) is 7.45. The van der Waals surface area contributed by atoms with Crippen molar-refractivity contribution in [3.63, 3.8) is 0 Å². The zero-order valence-electron chi connectivity index (χ0n) is 9.42. The van der Waals surface area contributed by atoms with Crippen LogP contribution in [0.15, 0.2) is 0 Å². The summed E-state index contributed by atoms with van der Waals surface area (Å²) in [5.41, 5.74) is 0. The van der Waals surface area contributed by atoms with Gasteiger partial charge in [-0.05, 0) is 31.4 Å². The molecule has 5 heteroatoms. The summed E-state index contributed by atoms with van der Waals surface area (Å²) in [6.07, 6.45) is 5.82. The van der Waals surface area contributed by atoms with Crippen molar-refractivity contribution < 1.29 is 9.53 Å². The molecule has 0 saturated carbocycles. The average molecular weight is 298 g/mol. The Balaban J connectivity index is 3.20. The maximum atomic E-state index is 11.0. The lowest BCUT2D eigenvalue weighted by molar-refractivity contribution is -0.139. The summed E-state index contributed by atoms with van der Waals surface area (Å²) in [5, 5.41) is 3.22. The van der Waals surface area contributed by atoms with E-state index in [0.717, 1.165) is 6.54 Å². The number of alkyl halides is 1. The third kappa shape index (κ3) is 9.20. The van der Waals surface area contributed by atoms with E-state index in [9.17, 15) is 4.79 Å². The first-order chi connectivity index (χ1) is 7.22. The standard InChI is InChI=1S/C10H20BrNO2S/c1-14-10(13)9(11)8-12-6-4-3-5-7-15-2/h9,12H,3-8H2,1-2H3. The number of thioether (sulfide) groups is 1. The van der Waals surface area contributed by atoms with Crippen LogP contribution in [0.5, 0.6) is 0 Å². The van der Waals surface area contributed by atoms with Crippen molar-refractivity contribution in [3.05, 3.63) is 0 Å². The number of methoxy groups -OCH3 is 1. The van der Waals surface area contributed by atoms with E-state index in [0.29, 0.717) is 6.54 Å². The number of carbonyl (C=O) groups excluding carboxylic acids is 1. The molecule has 0 rings (SSSR count). The molecular weight excluding hydrogens is 278 g/mol. The molecule has 0 aliphatic heterocycles. The number of nitrogens with one attached hydrogen (secondary N) is 1. The van der Waals surface area contributed by atoms with Gasteiger partial charge < -0.3 is 10.1 Å². The van der Waals surface area contributed by atoms with E-state index in [4.69, 9.17) is 0 Å². The summed E-state index contributed by atoms with van der Waals surface area (Å²) in [6.45, 7) is 1.60. The summed E-state index contributed by atoms with van der Waals surface area (Å²) >= 11 is 5.15. The molecule has 90 valence electrons. The number of hydrogen-bond acceptors (Lipinski definition) is 4. The molecule has 0 heterocycles. The number of ether oxygens (including phenoxy) is 1. The van der Waals surface area contributed by atoms with Gasteiger partial charge in [0.2, 0.25) is 0 Å². The number of unbranched alkanes of at least 4 members (excludes halogenated alkanes) is 2. The average Bonchev–Trinajstić information content (AvgIpc) is 2.26. The number of halogens is 1. The SMILES string of the molecule is COC(=O)C(Br)CNCCCCCSC. The van der Waals surface area contributed by atoms with Crippen LogP contribution in [-0.2, 0) is 9.53 Å². The highest BCUT2D eigenvalue weighted by molar-refractivity contribution is 9.10. The number of rotatable bonds is 9. The minimum atomic E-state index is -0.228. The van der Waals surface area contributed by atoms with Gasteiger partial charge >= 0.3 is 5.97 Å². The van der Waals surface area contributed by atoms with Crippen molar-refractivity contribution in [2.45, 2.75) is 24.1 Å². The van der Waals surface area contributed by atoms with E-state index < -0.39 is 0 Å². The van der Waals surface area contributed by atoms with Gasteiger partial charge in [0, 0.05) is 6.54 Å². The van der Waals surface area contributed by atoms with Crippen molar-refractivity contribution in [1.82, 2.24) is 5.32 Å². The Hall–Kier alpha value is 0.260. The van der Waals surface area contributed by atoms with E-state index in [2.05, 4.69) is 32.2 Å². The highest BCUT2D eigenvalue weighted by atomic mass is 79.9. The molecule has 1 N–H and O–H groups in total. The molecule has 0 aliphatic carbocycles. The molecule has 0 aromatic heterocycles. The molecule has 3 nitrogen and oxygen atoms in total. The fourth-order valence-electron chi connectivity index (χ4n) is 1.11. The van der Waals surface area contributed by atoms with Crippen LogP contribution in [0.1, 0.15) is 19.3 Å². The molecule has 0 bridgehead atoms. The Bertz CT molecular complexity index is 170. The molecule has 0 radical (unpaired) electrons. The number of carbonyl (C=O) groups is 1. The maximum absolute atomic E-state index is 11.0. The second kappa shape index (κ2) is 10.8. The smallest absolute Gasteiger partial charge is 0.320 e. The molecule has 0 amide bonds. The lowest BCUT2D eigenvalue weighted by atomic mass is 10.2. The van der Waals surface area contributed by atoms with Crippen LogP contribution >= 0.6 is 27.7 Å². The van der Waals surface area contributed by atoms with Crippen molar-refractivity contribution in [1.29, 1.82) is 0 Å². The minimum Gasteiger partial charge on any atom is -0.468 e. The summed E-state index contributed by atoms with van der Waals surface area (Å²) in [4.78, 5) is 10.8. The third-order valence-electron chi connectivity index (χ3n) is 1.98. The fraction of sp³-hybridized carbons (Fsp3) is 0.900. The highest BCUT2D eigenvalue weighted by Crippen LogP contribution is 2.02. The van der Waals surface area contributed by atoms with Crippen LogP contribution in [0.3, 0.4) is 0 Å². The highest BCUT2D eigenvalue weighted by Gasteiger charge is 2.13. The molecule has 0 aromatic rings. The quantitative estimate of drug-likeness (QED) is 0.402. The Kier molecular flexibility index (Phi) is 11.0. The predicted molar refractivity (Wildman–Crippen MR) is 69.8 cm³/mol. The summed E-state index contributed by atoms with van der Waals surface area (Å²) in [7, 11) is 1.40. The van der Waals surface area contributed by atoms with Crippen LogP contribution in [-0.4, -0.2) is 43.0 Å². The Morgan fingerprint density at radius 2 is 2.20 bits per heavy atom. The Morgan fingerprint density at radius 1 is 1.47 bits per heavy atom. The Morgan fingerprint density at radius 3 is 2.80 bits per heavy atom. The zero-order valence-corrected chi connectivity index (χ0v) is 11.8. The summed E-state index contributed by atoms with van der Waals surface area (Å²) in [5.74, 6) is 1.02. The van der Waals surface area contributed by atoms with Gasteiger partial charge in [-0.2, -0.15) is 11.8 Å². The van der Waals surface area contributed by atoms with Crippen molar-refractivity contribution >= 4 is 33.7 Å². The molecule has 1 atom stereocenters. The largest absolute Gasteiger partial charge is 0.468 e. The number of esters is 1. The molecule has 0 aliphatic rings. The lowest BCUT2D eigenvalue weighted by Crippen LogP contribution is -2.30. The van der Waals surface area contributed by atoms with Gasteiger partial charge in [-0.15, -0.1) is 0 Å². The predicted octanol–water partition coefficient (Wildman–Crippen LogP) is 2.05. The van der Waals surface area contributed by atoms with Crippen LogP contribution in [0.2, 0.25) is 0 Å². The zero-order chi connectivity index (χ0) is 11.5. The van der Waals surface area contributed by atoms with E-state index in [1.165, 1.54) is 32.1 Å². The topological polar surface area (TPSA) is 38.3 Å². The van der Waals surface area contributed by atoms with E-state index in [1.54, 1.807) is 0 Å². The van der Waals surface area contributed by atoms with E-state index in [1.807, 2.05) is 11.8 Å². The third-order valence-corrected chi connectivity index (χ3v) is 3.38. The Labute approximate surface area is 105 Å². The van der Waals surface area contributed by atoms with Crippen molar-refractivity contribution in [3.8, 4) is 0 Å². The first-order valence-electron chi connectivity index (χ1n) is 5.14. The number of hydrogen-bond donors (Lipinski definition) is 1. The monoisotopic (exact) mass is 297 g/mol. The van der Waals surface area contributed by atoms with Crippen LogP contribution in [0, 0.1) is 0 Å². The van der Waals surface area contributed by atoms with Gasteiger partial charge in [-0.25, -0.2) is 0 Å². The molecule has 0 fully saturated rings. The summed E-state index contributed by atoms with van der Waals surface area (Å²) < 4.78 is 4.59. The maximum Gasteiger partial charge on any atom is 0.320 e. The van der Waals surface area contributed by atoms with Gasteiger partial charge in [-0.3, -0.25) is 4.79 Å².